The lowest BCUT2D eigenvalue weighted by molar-refractivity contribution is 0.355. The zero-order chi connectivity index (χ0) is 12.0. The van der Waals surface area contributed by atoms with E-state index in [1.807, 2.05) is 18.2 Å². The van der Waals surface area contributed by atoms with Crippen LogP contribution >= 0.6 is 0 Å². The van der Waals surface area contributed by atoms with Crippen molar-refractivity contribution < 1.29 is 9.47 Å². The minimum Gasteiger partial charge on any atom is -0.493 e. The van der Waals surface area contributed by atoms with E-state index >= 15 is 0 Å². The Morgan fingerprint density at radius 3 is 2.38 bits per heavy atom. The van der Waals surface area contributed by atoms with Crippen molar-refractivity contribution in [3.63, 3.8) is 0 Å². The minimum absolute atomic E-state index is 0.680. The summed E-state index contributed by atoms with van der Waals surface area (Å²) >= 11 is 0. The lowest BCUT2D eigenvalue weighted by Gasteiger charge is -2.12. The van der Waals surface area contributed by atoms with Crippen molar-refractivity contribution in [3.05, 3.63) is 18.2 Å². The van der Waals surface area contributed by atoms with Crippen molar-refractivity contribution >= 4 is 11.6 Å². The van der Waals surface area contributed by atoms with Crippen LogP contribution in [0.1, 0.15) is 0 Å². The molecule has 0 amide bonds. The van der Waals surface area contributed by atoms with Crippen molar-refractivity contribution in [1.29, 1.82) is 0 Å². The summed E-state index contributed by atoms with van der Waals surface area (Å²) in [6, 6.07) is 5.58. The molecule has 0 saturated carbocycles. The molecule has 0 fully saturated rings. The topological polar surface area (TPSA) is 54.9 Å². The normalized spacial score (nSPS) is 10.9. The van der Waals surface area contributed by atoms with E-state index in [1.54, 1.807) is 28.3 Å². The van der Waals surface area contributed by atoms with Gasteiger partial charge in [-0.05, 0) is 12.1 Å². The van der Waals surface area contributed by atoms with E-state index in [1.165, 1.54) is 0 Å². The SMILES string of the molecule is CN=C(NC)Nc1ccc(OC)c(OC)c1. The molecule has 0 atom stereocenters. The van der Waals surface area contributed by atoms with Gasteiger partial charge in [0.2, 0.25) is 0 Å². The number of hydrogen-bond donors (Lipinski definition) is 2. The molecule has 0 aliphatic rings. The highest BCUT2D eigenvalue weighted by Gasteiger charge is 2.05. The van der Waals surface area contributed by atoms with Crippen molar-refractivity contribution in [3.8, 4) is 11.5 Å². The zero-order valence-corrected chi connectivity index (χ0v) is 10.00. The monoisotopic (exact) mass is 223 g/mol. The summed E-state index contributed by atoms with van der Waals surface area (Å²) in [5, 5.41) is 6.04. The third-order valence-electron chi connectivity index (χ3n) is 2.11. The van der Waals surface area contributed by atoms with Crippen LogP contribution in [0.4, 0.5) is 5.69 Å². The van der Waals surface area contributed by atoms with Crippen molar-refractivity contribution in [2.24, 2.45) is 4.99 Å². The Morgan fingerprint density at radius 1 is 1.19 bits per heavy atom. The van der Waals surface area contributed by atoms with E-state index in [4.69, 9.17) is 9.47 Å². The standard InChI is InChI=1S/C11H17N3O2/c1-12-11(13-2)14-8-5-6-9(15-3)10(7-8)16-4/h5-7H,1-4H3,(H2,12,13,14). The Labute approximate surface area is 95.5 Å². The summed E-state index contributed by atoms with van der Waals surface area (Å²) in [5.74, 6) is 2.07. The van der Waals surface area contributed by atoms with Gasteiger partial charge in [-0.3, -0.25) is 4.99 Å². The molecule has 1 rings (SSSR count). The van der Waals surface area contributed by atoms with E-state index in [9.17, 15) is 0 Å². The van der Waals surface area contributed by atoms with Gasteiger partial charge in [0.1, 0.15) is 0 Å². The van der Waals surface area contributed by atoms with E-state index in [2.05, 4.69) is 15.6 Å². The second kappa shape index (κ2) is 5.85. The smallest absolute Gasteiger partial charge is 0.195 e. The summed E-state index contributed by atoms with van der Waals surface area (Å²) in [6.45, 7) is 0. The van der Waals surface area contributed by atoms with Gasteiger partial charge in [0, 0.05) is 25.8 Å². The van der Waals surface area contributed by atoms with Gasteiger partial charge in [0.15, 0.2) is 17.5 Å². The first kappa shape index (κ1) is 12.2. The van der Waals surface area contributed by atoms with Gasteiger partial charge in [-0.15, -0.1) is 0 Å². The lowest BCUT2D eigenvalue weighted by Crippen LogP contribution is -2.26. The van der Waals surface area contributed by atoms with Gasteiger partial charge in [-0.1, -0.05) is 0 Å². The Bertz CT molecular complexity index is 377. The first-order valence-corrected chi connectivity index (χ1v) is 4.88. The van der Waals surface area contributed by atoms with Crippen molar-refractivity contribution in [2.75, 3.05) is 33.6 Å². The van der Waals surface area contributed by atoms with Gasteiger partial charge in [-0.25, -0.2) is 0 Å². The van der Waals surface area contributed by atoms with Gasteiger partial charge >= 0.3 is 0 Å². The van der Waals surface area contributed by atoms with Crippen LogP contribution in [0.2, 0.25) is 0 Å². The predicted octanol–water partition coefficient (Wildman–Crippen LogP) is 1.32. The maximum Gasteiger partial charge on any atom is 0.195 e. The zero-order valence-electron chi connectivity index (χ0n) is 10.00. The molecule has 0 saturated heterocycles. The number of aliphatic imine (C=N–C) groups is 1. The van der Waals surface area contributed by atoms with Gasteiger partial charge in [0.25, 0.3) is 0 Å². The highest BCUT2D eigenvalue weighted by atomic mass is 16.5. The number of anilines is 1. The number of methoxy groups -OCH3 is 2. The van der Waals surface area contributed by atoms with Crippen LogP contribution in [0, 0.1) is 0 Å². The van der Waals surface area contributed by atoms with E-state index < -0.39 is 0 Å². The largest absolute Gasteiger partial charge is 0.493 e. The summed E-state index contributed by atoms with van der Waals surface area (Å²) < 4.78 is 10.4. The number of guanidine groups is 1. The fourth-order valence-electron chi connectivity index (χ4n) is 1.28. The van der Waals surface area contributed by atoms with Crippen molar-refractivity contribution in [2.45, 2.75) is 0 Å². The van der Waals surface area contributed by atoms with E-state index in [0.717, 1.165) is 5.69 Å². The number of ether oxygens (including phenoxy) is 2. The first-order chi connectivity index (χ1) is 7.74. The molecule has 0 heterocycles. The maximum absolute atomic E-state index is 5.20. The molecule has 2 N–H and O–H groups in total. The predicted molar refractivity (Wildman–Crippen MR) is 65.6 cm³/mol. The molecule has 0 aromatic heterocycles. The highest BCUT2D eigenvalue weighted by Crippen LogP contribution is 2.29. The molecule has 0 bridgehead atoms. The molecule has 1 aromatic rings. The van der Waals surface area contributed by atoms with Crippen LogP contribution in [0.15, 0.2) is 23.2 Å². The first-order valence-electron chi connectivity index (χ1n) is 4.88. The average molecular weight is 223 g/mol. The molecule has 0 aliphatic heterocycles. The Balaban J connectivity index is 2.90. The number of nitrogens with zero attached hydrogens (tertiary/aromatic N) is 1. The van der Waals surface area contributed by atoms with Crippen LogP contribution in [-0.2, 0) is 0 Å². The highest BCUT2D eigenvalue weighted by molar-refractivity contribution is 5.93. The van der Waals surface area contributed by atoms with E-state index in [-0.39, 0.29) is 0 Å². The van der Waals surface area contributed by atoms with Gasteiger partial charge in [0.05, 0.1) is 14.2 Å². The van der Waals surface area contributed by atoms with Crippen LogP contribution in [0.5, 0.6) is 11.5 Å². The molecule has 5 nitrogen and oxygen atoms in total. The Morgan fingerprint density at radius 2 is 1.88 bits per heavy atom. The maximum atomic E-state index is 5.20. The minimum atomic E-state index is 0.680. The number of hydrogen-bond acceptors (Lipinski definition) is 3. The molecular weight excluding hydrogens is 206 g/mol. The van der Waals surface area contributed by atoms with Crippen LogP contribution in [0.3, 0.4) is 0 Å². The average Bonchev–Trinajstić information content (AvgIpc) is 2.35. The molecule has 0 unspecified atom stereocenters. The van der Waals surface area contributed by atoms with Crippen LogP contribution < -0.4 is 20.1 Å². The molecule has 5 heteroatoms. The summed E-state index contributed by atoms with van der Waals surface area (Å²) in [4.78, 5) is 4.02. The third kappa shape index (κ3) is 2.79. The number of benzene rings is 1. The lowest BCUT2D eigenvalue weighted by atomic mass is 10.3. The molecular formula is C11H17N3O2. The Hall–Kier alpha value is -1.91. The number of nitrogens with one attached hydrogen (secondary N) is 2. The summed E-state index contributed by atoms with van der Waals surface area (Å²) in [5.41, 5.74) is 0.882. The van der Waals surface area contributed by atoms with Crippen molar-refractivity contribution in [1.82, 2.24) is 5.32 Å². The molecule has 88 valence electrons. The quantitative estimate of drug-likeness (QED) is 0.599. The molecule has 1 aromatic carbocycles. The number of rotatable bonds is 3. The molecule has 0 spiro atoms. The third-order valence-corrected chi connectivity index (χ3v) is 2.11. The van der Waals surface area contributed by atoms with Crippen LogP contribution in [-0.4, -0.2) is 34.3 Å². The summed E-state index contributed by atoms with van der Waals surface area (Å²) in [7, 11) is 6.72. The van der Waals surface area contributed by atoms with Gasteiger partial charge in [-0.2, -0.15) is 0 Å². The molecule has 0 radical (unpaired) electrons. The van der Waals surface area contributed by atoms with Gasteiger partial charge < -0.3 is 20.1 Å². The van der Waals surface area contributed by atoms with Crippen LogP contribution in [0.25, 0.3) is 0 Å². The fourth-order valence-corrected chi connectivity index (χ4v) is 1.28. The van der Waals surface area contributed by atoms with E-state index in [0.29, 0.717) is 17.5 Å². The molecule has 0 aliphatic carbocycles. The fraction of sp³-hybridized carbons (Fsp3) is 0.364. The Kier molecular flexibility index (Phi) is 4.44. The molecule has 16 heavy (non-hydrogen) atoms. The second-order valence-corrected chi connectivity index (χ2v) is 3.02. The summed E-state index contributed by atoms with van der Waals surface area (Å²) in [6.07, 6.45) is 0. The second-order valence-electron chi connectivity index (χ2n) is 3.02.